The van der Waals surface area contributed by atoms with Crippen LogP contribution in [-0.2, 0) is 4.79 Å². The maximum atomic E-state index is 14.7. The molecule has 1 aliphatic rings. The van der Waals surface area contributed by atoms with Crippen molar-refractivity contribution in [2.24, 2.45) is 0 Å². The van der Waals surface area contributed by atoms with E-state index in [2.05, 4.69) is 10.2 Å². The normalized spacial score (nSPS) is 16.9. The number of benzene rings is 1. The number of carbonyl (C=O) groups is 2. The first-order valence-corrected chi connectivity index (χ1v) is 9.23. The summed E-state index contributed by atoms with van der Waals surface area (Å²) in [5.41, 5.74) is 0.889. The topological polar surface area (TPSA) is 96.5 Å². The number of amides is 1. The van der Waals surface area contributed by atoms with Crippen LogP contribution in [0, 0.1) is 12.7 Å². The first-order chi connectivity index (χ1) is 13.4. The Balaban J connectivity index is 1.94. The highest BCUT2D eigenvalue weighted by Crippen LogP contribution is 2.45. The summed E-state index contributed by atoms with van der Waals surface area (Å²) in [5.74, 6) is -2.85. The van der Waals surface area contributed by atoms with Crippen LogP contribution in [0.15, 0.2) is 51.6 Å². The summed E-state index contributed by atoms with van der Waals surface area (Å²) in [5, 5.41) is 18.1. The molecular weight excluding hydrogens is 409 g/mol. The maximum absolute atomic E-state index is 14.7. The van der Waals surface area contributed by atoms with E-state index >= 15 is 0 Å². The summed E-state index contributed by atoms with van der Waals surface area (Å²) in [7, 11) is 0. The number of Topliss-reactive ketones (excluding diaryl/α,β-unsaturated/α-hetero) is 1. The van der Waals surface area contributed by atoms with Gasteiger partial charge in [0.1, 0.15) is 23.1 Å². The SMILES string of the molecule is Cc1ccc(C(=O)C2=C(O)C(=O)N(c3nncs3)C2c2c(F)cccc2Cl)o1. The first kappa shape index (κ1) is 18.3. The number of hydrogen-bond acceptors (Lipinski definition) is 7. The fraction of sp³-hybridized carbons (Fsp3) is 0.111. The maximum Gasteiger partial charge on any atom is 0.296 e. The molecule has 10 heteroatoms. The van der Waals surface area contributed by atoms with Crippen molar-refractivity contribution in [2.45, 2.75) is 13.0 Å². The van der Waals surface area contributed by atoms with Gasteiger partial charge in [0.15, 0.2) is 11.5 Å². The number of nitrogens with zero attached hydrogens (tertiary/aromatic N) is 3. The number of aromatic nitrogens is 2. The molecule has 1 amide bonds. The number of halogens is 2. The molecule has 1 N–H and O–H groups in total. The van der Waals surface area contributed by atoms with Gasteiger partial charge in [-0.1, -0.05) is 29.0 Å². The molecule has 0 fully saturated rings. The van der Waals surface area contributed by atoms with Gasteiger partial charge in [-0.2, -0.15) is 0 Å². The standard InChI is InChI=1S/C18H11ClFN3O4S/c1-8-5-6-11(27-8)15(24)13-14(12-9(19)3-2-4-10(12)20)23(17(26)16(13)25)18-22-21-7-28-18/h2-7,14,25H,1H3. The lowest BCUT2D eigenvalue weighted by atomic mass is 9.95. The van der Waals surface area contributed by atoms with Gasteiger partial charge in [0.25, 0.3) is 5.91 Å². The van der Waals surface area contributed by atoms with Gasteiger partial charge in [-0.25, -0.2) is 4.39 Å². The van der Waals surface area contributed by atoms with Crippen LogP contribution in [0.1, 0.15) is 27.9 Å². The fourth-order valence-electron chi connectivity index (χ4n) is 3.04. The van der Waals surface area contributed by atoms with Gasteiger partial charge in [-0.3, -0.25) is 14.5 Å². The van der Waals surface area contributed by atoms with Gasteiger partial charge in [-0.15, -0.1) is 10.2 Å². The van der Waals surface area contributed by atoms with E-state index in [1.165, 1.54) is 23.7 Å². The molecule has 1 aliphatic heterocycles. The summed E-state index contributed by atoms with van der Waals surface area (Å²) < 4.78 is 20.1. The highest BCUT2D eigenvalue weighted by atomic mass is 35.5. The number of anilines is 1. The Labute approximate surface area is 166 Å². The predicted octanol–water partition coefficient (Wildman–Crippen LogP) is 4.01. The van der Waals surface area contributed by atoms with E-state index in [1.54, 1.807) is 13.0 Å². The summed E-state index contributed by atoms with van der Waals surface area (Å²) in [6.45, 7) is 1.64. The van der Waals surface area contributed by atoms with Gasteiger partial charge in [0, 0.05) is 10.6 Å². The molecule has 28 heavy (non-hydrogen) atoms. The summed E-state index contributed by atoms with van der Waals surface area (Å²) >= 11 is 7.20. The highest BCUT2D eigenvalue weighted by molar-refractivity contribution is 7.13. The summed E-state index contributed by atoms with van der Waals surface area (Å²) in [6, 6.07) is 5.63. The lowest BCUT2D eigenvalue weighted by Gasteiger charge is -2.24. The minimum Gasteiger partial charge on any atom is -0.503 e. The minimum atomic E-state index is -1.33. The molecule has 0 bridgehead atoms. The second kappa shape index (κ2) is 6.84. The Morgan fingerprint density at radius 2 is 2.14 bits per heavy atom. The molecule has 0 saturated carbocycles. The van der Waals surface area contributed by atoms with E-state index in [9.17, 15) is 19.1 Å². The molecule has 7 nitrogen and oxygen atoms in total. The third kappa shape index (κ3) is 2.79. The van der Waals surface area contributed by atoms with E-state index in [4.69, 9.17) is 16.0 Å². The van der Waals surface area contributed by atoms with Gasteiger partial charge < -0.3 is 9.52 Å². The Morgan fingerprint density at radius 3 is 2.75 bits per heavy atom. The molecule has 0 saturated heterocycles. The van der Waals surface area contributed by atoms with Crippen LogP contribution in [0.2, 0.25) is 5.02 Å². The quantitative estimate of drug-likeness (QED) is 0.642. The van der Waals surface area contributed by atoms with Crippen molar-refractivity contribution in [1.29, 1.82) is 0 Å². The molecular formula is C18H11ClFN3O4S. The molecule has 142 valence electrons. The number of aliphatic hydroxyl groups is 1. The lowest BCUT2D eigenvalue weighted by molar-refractivity contribution is -0.117. The van der Waals surface area contributed by atoms with Crippen LogP contribution >= 0.6 is 22.9 Å². The predicted molar refractivity (Wildman–Crippen MR) is 99.0 cm³/mol. The van der Waals surface area contributed by atoms with Crippen molar-refractivity contribution in [1.82, 2.24) is 10.2 Å². The average molecular weight is 420 g/mol. The van der Waals surface area contributed by atoms with Crippen LogP contribution in [0.5, 0.6) is 0 Å². The number of furan rings is 1. The van der Waals surface area contributed by atoms with E-state index in [0.717, 1.165) is 22.3 Å². The third-order valence-electron chi connectivity index (χ3n) is 4.24. The molecule has 2 aromatic heterocycles. The number of carbonyl (C=O) groups excluding carboxylic acids is 2. The van der Waals surface area contributed by atoms with Gasteiger partial charge in [0.05, 0.1) is 5.57 Å². The molecule has 0 spiro atoms. The van der Waals surface area contributed by atoms with Crippen LogP contribution in [0.25, 0.3) is 0 Å². The van der Waals surface area contributed by atoms with Gasteiger partial charge in [-0.05, 0) is 31.2 Å². The van der Waals surface area contributed by atoms with Crippen molar-refractivity contribution in [3.8, 4) is 0 Å². The van der Waals surface area contributed by atoms with Crippen molar-refractivity contribution in [3.63, 3.8) is 0 Å². The minimum absolute atomic E-state index is 0.0112. The largest absolute Gasteiger partial charge is 0.503 e. The third-order valence-corrected chi connectivity index (χ3v) is 5.26. The fourth-order valence-corrected chi connectivity index (χ4v) is 3.89. The van der Waals surface area contributed by atoms with Crippen molar-refractivity contribution < 1.29 is 23.5 Å². The van der Waals surface area contributed by atoms with Crippen molar-refractivity contribution in [3.05, 3.63) is 75.1 Å². The van der Waals surface area contributed by atoms with Gasteiger partial charge >= 0.3 is 0 Å². The zero-order valence-corrected chi connectivity index (χ0v) is 15.8. The van der Waals surface area contributed by atoms with Crippen LogP contribution in [0.3, 0.4) is 0 Å². The molecule has 3 heterocycles. The second-order valence-electron chi connectivity index (χ2n) is 5.94. The molecule has 1 atom stereocenters. The number of hydrogen-bond donors (Lipinski definition) is 1. The Morgan fingerprint density at radius 1 is 1.36 bits per heavy atom. The van der Waals surface area contributed by atoms with Crippen molar-refractivity contribution >= 4 is 39.8 Å². The zero-order chi connectivity index (χ0) is 20.0. The number of rotatable bonds is 4. The van der Waals surface area contributed by atoms with E-state index in [-0.39, 0.29) is 27.1 Å². The molecule has 1 unspecified atom stereocenters. The van der Waals surface area contributed by atoms with E-state index < -0.39 is 29.3 Å². The molecule has 0 aliphatic carbocycles. The van der Waals surface area contributed by atoms with E-state index in [0.29, 0.717) is 5.76 Å². The Kier molecular flexibility index (Phi) is 4.48. The van der Waals surface area contributed by atoms with Crippen LogP contribution in [0.4, 0.5) is 9.52 Å². The smallest absolute Gasteiger partial charge is 0.296 e. The first-order valence-electron chi connectivity index (χ1n) is 7.98. The Hall–Kier alpha value is -3.04. The van der Waals surface area contributed by atoms with Gasteiger partial charge in [0.2, 0.25) is 10.9 Å². The number of aliphatic hydroxyl groups excluding tert-OH is 1. The Bertz CT molecular complexity index is 1110. The lowest BCUT2D eigenvalue weighted by Crippen LogP contribution is -2.31. The number of ketones is 1. The van der Waals surface area contributed by atoms with Crippen LogP contribution < -0.4 is 4.90 Å². The average Bonchev–Trinajstić information content (AvgIpc) is 3.37. The molecule has 3 aromatic rings. The van der Waals surface area contributed by atoms with E-state index in [1.807, 2.05) is 0 Å². The second-order valence-corrected chi connectivity index (χ2v) is 7.15. The molecule has 1 aromatic carbocycles. The zero-order valence-electron chi connectivity index (χ0n) is 14.2. The molecule has 0 radical (unpaired) electrons. The van der Waals surface area contributed by atoms with Crippen LogP contribution in [-0.4, -0.2) is 27.0 Å². The molecule has 4 rings (SSSR count). The number of aryl methyl sites for hydroxylation is 1. The monoisotopic (exact) mass is 419 g/mol. The van der Waals surface area contributed by atoms with Crippen molar-refractivity contribution in [2.75, 3.05) is 4.90 Å². The summed E-state index contributed by atoms with van der Waals surface area (Å²) in [6.07, 6.45) is 0. The summed E-state index contributed by atoms with van der Waals surface area (Å²) in [4.78, 5) is 26.8. The highest BCUT2D eigenvalue weighted by Gasteiger charge is 2.48.